The summed E-state index contributed by atoms with van der Waals surface area (Å²) >= 11 is 0. The molecule has 5 heteroatoms. The molecule has 1 saturated carbocycles. The van der Waals surface area contributed by atoms with Gasteiger partial charge in [-0.1, -0.05) is 0 Å². The van der Waals surface area contributed by atoms with Crippen LogP contribution in [0.5, 0.6) is 0 Å². The van der Waals surface area contributed by atoms with Gasteiger partial charge in [0, 0.05) is 18.0 Å². The summed E-state index contributed by atoms with van der Waals surface area (Å²) in [7, 11) is 0. The van der Waals surface area contributed by atoms with Crippen molar-refractivity contribution in [3.8, 4) is 0 Å². The number of ether oxygens (including phenoxy) is 1. The van der Waals surface area contributed by atoms with Crippen molar-refractivity contribution in [2.24, 2.45) is 11.7 Å². The van der Waals surface area contributed by atoms with E-state index in [0.29, 0.717) is 29.3 Å². The summed E-state index contributed by atoms with van der Waals surface area (Å²) in [6.07, 6.45) is 3.82. The standard InChI is InChI=1S/C14H19N3O2/c15-11-4-3-9(7-10(11)14(16)18)17-12-5-6-19-13(12)8-1-2-8/h3-4,7-8,12-13,17H,1-2,5-6,15H2,(H2,16,18). The lowest BCUT2D eigenvalue weighted by Gasteiger charge is -2.21. The van der Waals surface area contributed by atoms with Crippen LogP contribution in [0.4, 0.5) is 11.4 Å². The highest BCUT2D eigenvalue weighted by Crippen LogP contribution is 2.39. The van der Waals surface area contributed by atoms with E-state index in [1.165, 1.54) is 12.8 Å². The molecule has 1 amide bonds. The van der Waals surface area contributed by atoms with Gasteiger partial charge in [-0.2, -0.15) is 0 Å². The summed E-state index contributed by atoms with van der Waals surface area (Å²) in [6, 6.07) is 5.63. The van der Waals surface area contributed by atoms with Crippen LogP contribution in [0.2, 0.25) is 0 Å². The normalized spacial score (nSPS) is 26.3. The Labute approximate surface area is 112 Å². The molecular formula is C14H19N3O2. The van der Waals surface area contributed by atoms with E-state index in [2.05, 4.69) is 5.32 Å². The molecule has 1 aliphatic heterocycles. The Morgan fingerprint density at radius 3 is 2.79 bits per heavy atom. The van der Waals surface area contributed by atoms with Gasteiger partial charge >= 0.3 is 0 Å². The van der Waals surface area contributed by atoms with Gasteiger partial charge in [0.2, 0.25) is 0 Å². The number of primary amides is 1. The van der Waals surface area contributed by atoms with Crippen molar-refractivity contribution >= 4 is 17.3 Å². The first-order valence-corrected chi connectivity index (χ1v) is 6.72. The molecule has 2 aliphatic rings. The van der Waals surface area contributed by atoms with E-state index in [-0.39, 0.29) is 0 Å². The van der Waals surface area contributed by atoms with Crippen LogP contribution < -0.4 is 16.8 Å². The number of amides is 1. The predicted octanol–water partition coefficient (Wildman–Crippen LogP) is 1.35. The van der Waals surface area contributed by atoms with E-state index < -0.39 is 5.91 Å². The van der Waals surface area contributed by atoms with Crippen LogP contribution in [0, 0.1) is 5.92 Å². The van der Waals surface area contributed by atoms with Crippen LogP contribution in [0.3, 0.4) is 0 Å². The molecule has 0 spiro atoms. The second-order valence-corrected chi connectivity index (χ2v) is 5.38. The van der Waals surface area contributed by atoms with Crippen molar-refractivity contribution in [1.29, 1.82) is 0 Å². The maximum absolute atomic E-state index is 11.3. The molecule has 5 N–H and O–H groups in total. The highest BCUT2D eigenvalue weighted by atomic mass is 16.5. The van der Waals surface area contributed by atoms with Gasteiger partial charge in [-0.05, 0) is 43.4 Å². The number of nitrogens with one attached hydrogen (secondary N) is 1. The number of hydrogen-bond acceptors (Lipinski definition) is 4. The van der Waals surface area contributed by atoms with E-state index in [1.807, 2.05) is 6.07 Å². The van der Waals surface area contributed by atoms with Gasteiger partial charge in [0.15, 0.2) is 0 Å². The largest absolute Gasteiger partial charge is 0.398 e. The molecule has 2 fully saturated rings. The number of nitrogens with two attached hydrogens (primary N) is 2. The third-order valence-corrected chi connectivity index (χ3v) is 3.89. The lowest BCUT2D eigenvalue weighted by atomic mass is 10.1. The van der Waals surface area contributed by atoms with Crippen LogP contribution in [0.1, 0.15) is 29.6 Å². The number of nitrogen functional groups attached to an aromatic ring is 1. The van der Waals surface area contributed by atoms with Gasteiger partial charge in [-0.3, -0.25) is 4.79 Å². The molecule has 1 aromatic rings. The summed E-state index contributed by atoms with van der Waals surface area (Å²) in [5.74, 6) is 0.201. The Morgan fingerprint density at radius 2 is 2.11 bits per heavy atom. The highest BCUT2D eigenvalue weighted by Gasteiger charge is 2.40. The summed E-state index contributed by atoms with van der Waals surface area (Å²) in [6.45, 7) is 0.802. The smallest absolute Gasteiger partial charge is 0.250 e. The summed E-state index contributed by atoms with van der Waals surface area (Å²) in [4.78, 5) is 11.3. The van der Waals surface area contributed by atoms with Crippen LogP contribution in [0.15, 0.2) is 18.2 Å². The lowest BCUT2D eigenvalue weighted by Crippen LogP contribution is -2.31. The van der Waals surface area contributed by atoms with Gasteiger partial charge in [0.05, 0.1) is 17.7 Å². The molecule has 1 aliphatic carbocycles. The SMILES string of the molecule is NC(=O)c1cc(NC2CCOC2C2CC2)ccc1N. The highest BCUT2D eigenvalue weighted by molar-refractivity contribution is 5.98. The van der Waals surface area contributed by atoms with Gasteiger partial charge in [0.1, 0.15) is 0 Å². The quantitative estimate of drug-likeness (QED) is 0.713. The zero-order valence-corrected chi connectivity index (χ0v) is 10.8. The Morgan fingerprint density at radius 1 is 1.32 bits per heavy atom. The van der Waals surface area contributed by atoms with E-state index in [4.69, 9.17) is 16.2 Å². The zero-order valence-electron chi connectivity index (χ0n) is 10.8. The Kier molecular flexibility index (Phi) is 3.06. The Bertz CT molecular complexity index is 499. The van der Waals surface area contributed by atoms with Crippen LogP contribution in [-0.4, -0.2) is 24.7 Å². The molecule has 0 radical (unpaired) electrons. The second-order valence-electron chi connectivity index (χ2n) is 5.38. The molecule has 3 rings (SSSR count). The molecule has 0 aromatic heterocycles. The fourth-order valence-corrected chi connectivity index (χ4v) is 2.73. The minimum Gasteiger partial charge on any atom is -0.398 e. The van der Waals surface area contributed by atoms with Gasteiger partial charge < -0.3 is 21.5 Å². The summed E-state index contributed by atoms with van der Waals surface area (Å²) in [5, 5.41) is 3.45. The van der Waals surface area contributed by atoms with Crippen molar-refractivity contribution in [1.82, 2.24) is 0 Å². The van der Waals surface area contributed by atoms with Crippen LogP contribution >= 0.6 is 0 Å². The van der Waals surface area contributed by atoms with Crippen molar-refractivity contribution in [2.45, 2.75) is 31.4 Å². The molecule has 1 saturated heterocycles. The van der Waals surface area contributed by atoms with E-state index in [1.54, 1.807) is 12.1 Å². The number of rotatable bonds is 4. The fourth-order valence-electron chi connectivity index (χ4n) is 2.73. The van der Waals surface area contributed by atoms with Crippen molar-refractivity contribution in [2.75, 3.05) is 17.7 Å². The Balaban J connectivity index is 1.75. The van der Waals surface area contributed by atoms with Crippen LogP contribution in [0.25, 0.3) is 0 Å². The monoisotopic (exact) mass is 261 g/mol. The van der Waals surface area contributed by atoms with E-state index in [9.17, 15) is 4.79 Å². The maximum Gasteiger partial charge on any atom is 0.250 e. The predicted molar refractivity (Wildman–Crippen MR) is 73.9 cm³/mol. The average molecular weight is 261 g/mol. The summed E-state index contributed by atoms with van der Waals surface area (Å²) in [5.41, 5.74) is 12.7. The molecule has 0 bridgehead atoms. The van der Waals surface area contributed by atoms with Crippen molar-refractivity contribution in [3.05, 3.63) is 23.8 Å². The number of anilines is 2. The first kappa shape index (κ1) is 12.3. The minimum atomic E-state index is -0.498. The van der Waals surface area contributed by atoms with Gasteiger partial charge in [-0.15, -0.1) is 0 Å². The van der Waals surface area contributed by atoms with Crippen molar-refractivity contribution in [3.63, 3.8) is 0 Å². The maximum atomic E-state index is 11.3. The molecule has 1 heterocycles. The molecule has 102 valence electrons. The summed E-state index contributed by atoms with van der Waals surface area (Å²) < 4.78 is 5.78. The van der Waals surface area contributed by atoms with Crippen LogP contribution in [-0.2, 0) is 4.74 Å². The van der Waals surface area contributed by atoms with Gasteiger partial charge in [0.25, 0.3) is 5.91 Å². The van der Waals surface area contributed by atoms with E-state index >= 15 is 0 Å². The molecule has 2 unspecified atom stereocenters. The zero-order chi connectivity index (χ0) is 13.4. The average Bonchev–Trinajstić information content (AvgIpc) is 3.12. The first-order chi connectivity index (χ1) is 9.15. The Hall–Kier alpha value is -1.75. The number of carbonyl (C=O) groups is 1. The fraction of sp³-hybridized carbons (Fsp3) is 0.500. The molecular weight excluding hydrogens is 242 g/mol. The number of carbonyl (C=O) groups excluding carboxylic acids is 1. The molecule has 1 aromatic carbocycles. The molecule has 5 nitrogen and oxygen atoms in total. The third kappa shape index (κ3) is 2.51. The second kappa shape index (κ2) is 4.74. The molecule has 2 atom stereocenters. The third-order valence-electron chi connectivity index (χ3n) is 3.89. The van der Waals surface area contributed by atoms with E-state index in [0.717, 1.165) is 18.7 Å². The topological polar surface area (TPSA) is 90.4 Å². The van der Waals surface area contributed by atoms with Gasteiger partial charge in [-0.25, -0.2) is 0 Å². The minimum absolute atomic E-state index is 0.301. The lowest BCUT2D eigenvalue weighted by molar-refractivity contribution is 0.0898. The number of benzene rings is 1. The molecule has 19 heavy (non-hydrogen) atoms. The number of hydrogen-bond donors (Lipinski definition) is 3. The first-order valence-electron chi connectivity index (χ1n) is 6.72. The van der Waals surface area contributed by atoms with Crippen molar-refractivity contribution < 1.29 is 9.53 Å².